The van der Waals surface area contributed by atoms with Crippen molar-refractivity contribution < 1.29 is 14.3 Å². The summed E-state index contributed by atoms with van der Waals surface area (Å²) in [6.07, 6.45) is 4.65. The standard InChI is InChI=1S/C32H35N3O3/c1-4-38-32(37)26-11-8-18-34(20-26)30(36)17-15-28-31(24-9-6-5-7-10-24)33-29-16-14-25(21-35(28)29)27-19-22(2)12-13-23(27)3/h5-7,9-10,12-14,16,19,21,26H,4,8,11,15,17-18,20H2,1-3H3/t26-/m1/s1. The molecule has 6 heteroatoms. The average Bonchev–Trinajstić information content (AvgIpc) is 3.31. The normalized spacial score (nSPS) is 15.6. The number of benzene rings is 2. The van der Waals surface area contributed by atoms with Gasteiger partial charge in [-0.1, -0.05) is 54.1 Å². The Kier molecular flexibility index (Phi) is 7.59. The number of carbonyl (C=O) groups excluding carboxylic acids is 2. The summed E-state index contributed by atoms with van der Waals surface area (Å²) in [5, 5.41) is 0. The fraction of sp³-hybridized carbons (Fsp3) is 0.344. The molecule has 0 N–H and O–H groups in total. The number of aryl methyl sites for hydroxylation is 3. The fourth-order valence-electron chi connectivity index (χ4n) is 5.41. The van der Waals surface area contributed by atoms with Gasteiger partial charge in [-0.05, 0) is 68.9 Å². The van der Waals surface area contributed by atoms with Gasteiger partial charge in [0.25, 0.3) is 0 Å². The van der Waals surface area contributed by atoms with Gasteiger partial charge in [0.05, 0.1) is 23.9 Å². The first-order chi connectivity index (χ1) is 18.4. The van der Waals surface area contributed by atoms with Crippen LogP contribution in [0.1, 0.15) is 43.0 Å². The fourth-order valence-corrected chi connectivity index (χ4v) is 5.41. The van der Waals surface area contributed by atoms with E-state index in [1.807, 2.05) is 30.0 Å². The minimum Gasteiger partial charge on any atom is -0.466 e. The lowest BCUT2D eigenvalue weighted by Crippen LogP contribution is -2.42. The van der Waals surface area contributed by atoms with E-state index in [9.17, 15) is 9.59 Å². The summed E-state index contributed by atoms with van der Waals surface area (Å²) >= 11 is 0. The Morgan fingerprint density at radius 2 is 1.84 bits per heavy atom. The Balaban J connectivity index is 1.46. The second-order valence-electron chi connectivity index (χ2n) is 10.2. The van der Waals surface area contributed by atoms with E-state index in [0.717, 1.165) is 41.0 Å². The number of hydrogen-bond donors (Lipinski definition) is 0. The largest absolute Gasteiger partial charge is 0.466 e. The zero-order valence-corrected chi connectivity index (χ0v) is 22.4. The molecule has 3 heterocycles. The number of pyridine rings is 1. The van der Waals surface area contributed by atoms with E-state index in [-0.39, 0.29) is 17.8 Å². The molecule has 1 aliphatic heterocycles. The number of imidazole rings is 1. The predicted octanol–water partition coefficient (Wildman–Crippen LogP) is 6.02. The highest BCUT2D eigenvalue weighted by molar-refractivity contribution is 5.79. The number of ether oxygens (including phenoxy) is 1. The number of aromatic nitrogens is 2. The lowest BCUT2D eigenvalue weighted by molar-refractivity contribution is -0.151. The molecule has 0 aliphatic carbocycles. The molecule has 1 aliphatic rings. The number of hydrogen-bond acceptors (Lipinski definition) is 4. The zero-order chi connectivity index (χ0) is 26.6. The van der Waals surface area contributed by atoms with Crippen molar-refractivity contribution in [3.63, 3.8) is 0 Å². The Labute approximate surface area is 224 Å². The molecule has 1 amide bonds. The first-order valence-electron chi connectivity index (χ1n) is 13.5. The summed E-state index contributed by atoms with van der Waals surface area (Å²) in [6, 6.07) is 20.8. The van der Waals surface area contributed by atoms with Gasteiger partial charge >= 0.3 is 5.97 Å². The molecule has 0 saturated carbocycles. The zero-order valence-electron chi connectivity index (χ0n) is 22.4. The van der Waals surface area contributed by atoms with Crippen LogP contribution in [-0.2, 0) is 20.7 Å². The van der Waals surface area contributed by atoms with Crippen molar-refractivity contribution in [1.29, 1.82) is 0 Å². The molecule has 0 radical (unpaired) electrons. The maximum absolute atomic E-state index is 13.3. The van der Waals surface area contributed by atoms with Crippen molar-refractivity contribution in [2.75, 3.05) is 19.7 Å². The monoisotopic (exact) mass is 509 g/mol. The van der Waals surface area contributed by atoms with Gasteiger partial charge < -0.3 is 14.0 Å². The number of fused-ring (bicyclic) bond motifs is 1. The van der Waals surface area contributed by atoms with Crippen LogP contribution in [0.4, 0.5) is 0 Å². The van der Waals surface area contributed by atoms with E-state index in [4.69, 9.17) is 9.72 Å². The van der Waals surface area contributed by atoms with Crippen molar-refractivity contribution >= 4 is 17.5 Å². The molecular weight excluding hydrogens is 474 g/mol. The molecule has 0 bridgehead atoms. The lowest BCUT2D eigenvalue weighted by Gasteiger charge is -2.31. The summed E-state index contributed by atoms with van der Waals surface area (Å²) in [4.78, 5) is 32.4. The van der Waals surface area contributed by atoms with E-state index >= 15 is 0 Å². The Morgan fingerprint density at radius 1 is 1.03 bits per heavy atom. The highest BCUT2D eigenvalue weighted by Gasteiger charge is 2.29. The smallest absolute Gasteiger partial charge is 0.310 e. The van der Waals surface area contributed by atoms with Crippen LogP contribution in [0.3, 0.4) is 0 Å². The van der Waals surface area contributed by atoms with Gasteiger partial charge in [0.1, 0.15) is 5.65 Å². The molecule has 1 saturated heterocycles. The number of amides is 1. The van der Waals surface area contributed by atoms with Crippen molar-refractivity contribution in [3.05, 3.63) is 83.7 Å². The predicted molar refractivity (Wildman–Crippen MR) is 150 cm³/mol. The SMILES string of the molecule is CCOC(=O)[C@@H]1CCCN(C(=O)CCc2c(-c3ccccc3)nc3ccc(-c4cc(C)ccc4C)cn23)C1. The van der Waals surface area contributed by atoms with Crippen LogP contribution < -0.4 is 0 Å². The minimum absolute atomic E-state index is 0.0682. The number of esters is 1. The maximum atomic E-state index is 13.3. The van der Waals surface area contributed by atoms with Gasteiger partial charge in [0.2, 0.25) is 5.91 Å². The Bertz CT molecular complexity index is 1460. The van der Waals surface area contributed by atoms with E-state index < -0.39 is 0 Å². The summed E-state index contributed by atoms with van der Waals surface area (Å²) in [5.41, 5.74) is 8.57. The maximum Gasteiger partial charge on any atom is 0.310 e. The third kappa shape index (κ3) is 5.35. The molecule has 6 nitrogen and oxygen atoms in total. The number of likely N-dealkylation sites (tertiary alicyclic amines) is 1. The number of nitrogens with zero attached hydrogens (tertiary/aromatic N) is 3. The van der Waals surface area contributed by atoms with Crippen LogP contribution in [0.5, 0.6) is 0 Å². The Hall–Kier alpha value is -3.93. The van der Waals surface area contributed by atoms with E-state index in [1.165, 1.54) is 16.7 Å². The highest BCUT2D eigenvalue weighted by Crippen LogP contribution is 2.30. The molecule has 0 unspecified atom stereocenters. The van der Waals surface area contributed by atoms with Crippen molar-refractivity contribution in [2.24, 2.45) is 5.92 Å². The summed E-state index contributed by atoms with van der Waals surface area (Å²) < 4.78 is 7.36. The van der Waals surface area contributed by atoms with Crippen molar-refractivity contribution in [2.45, 2.75) is 46.5 Å². The van der Waals surface area contributed by atoms with Crippen LogP contribution in [0.25, 0.3) is 28.0 Å². The van der Waals surface area contributed by atoms with Crippen molar-refractivity contribution in [1.82, 2.24) is 14.3 Å². The van der Waals surface area contributed by atoms with Crippen LogP contribution in [0.15, 0.2) is 66.9 Å². The van der Waals surface area contributed by atoms with Crippen LogP contribution >= 0.6 is 0 Å². The molecular formula is C32H35N3O3. The molecule has 1 fully saturated rings. The Morgan fingerprint density at radius 3 is 2.63 bits per heavy atom. The second-order valence-corrected chi connectivity index (χ2v) is 10.2. The van der Waals surface area contributed by atoms with Gasteiger partial charge in [-0.2, -0.15) is 0 Å². The molecule has 4 aromatic rings. The van der Waals surface area contributed by atoms with Crippen molar-refractivity contribution in [3.8, 4) is 22.4 Å². The molecule has 5 rings (SSSR count). The molecule has 196 valence electrons. The van der Waals surface area contributed by atoms with Gasteiger partial charge in [-0.3, -0.25) is 9.59 Å². The van der Waals surface area contributed by atoms with Gasteiger partial charge in [-0.25, -0.2) is 4.98 Å². The lowest BCUT2D eigenvalue weighted by atomic mass is 9.97. The number of carbonyl (C=O) groups is 2. The molecule has 2 aromatic carbocycles. The summed E-state index contributed by atoms with van der Waals surface area (Å²) in [6.45, 7) is 7.54. The summed E-state index contributed by atoms with van der Waals surface area (Å²) in [5.74, 6) is -0.362. The first kappa shape index (κ1) is 25.7. The number of piperidine rings is 1. The first-order valence-corrected chi connectivity index (χ1v) is 13.5. The third-order valence-corrected chi connectivity index (χ3v) is 7.44. The highest BCUT2D eigenvalue weighted by atomic mass is 16.5. The molecule has 2 aromatic heterocycles. The number of rotatable bonds is 7. The summed E-state index contributed by atoms with van der Waals surface area (Å²) in [7, 11) is 0. The van der Waals surface area contributed by atoms with Crippen LogP contribution in [0.2, 0.25) is 0 Å². The van der Waals surface area contributed by atoms with E-state index in [2.05, 4.69) is 66.9 Å². The topological polar surface area (TPSA) is 63.9 Å². The van der Waals surface area contributed by atoms with Gasteiger partial charge in [0, 0.05) is 31.3 Å². The van der Waals surface area contributed by atoms with Crippen LogP contribution in [0, 0.1) is 19.8 Å². The third-order valence-electron chi connectivity index (χ3n) is 7.44. The minimum atomic E-state index is -0.233. The molecule has 38 heavy (non-hydrogen) atoms. The molecule has 1 atom stereocenters. The second kappa shape index (κ2) is 11.2. The van der Waals surface area contributed by atoms with Gasteiger partial charge in [0.15, 0.2) is 0 Å². The van der Waals surface area contributed by atoms with E-state index in [0.29, 0.717) is 32.5 Å². The van der Waals surface area contributed by atoms with E-state index in [1.54, 1.807) is 0 Å². The van der Waals surface area contributed by atoms with Gasteiger partial charge in [-0.15, -0.1) is 0 Å². The van der Waals surface area contributed by atoms with Crippen LogP contribution in [-0.4, -0.2) is 45.9 Å². The molecule has 0 spiro atoms. The average molecular weight is 510 g/mol. The quantitative estimate of drug-likeness (QED) is 0.286.